The lowest BCUT2D eigenvalue weighted by atomic mass is 9.98. The lowest BCUT2D eigenvalue weighted by molar-refractivity contribution is -0.0414. The van der Waals surface area contributed by atoms with Crippen LogP contribution in [-0.4, -0.2) is 21.4 Å². The third kappa shape index (κ3) is 2.29. The molecule has 1 aromatic heterocycles. The zero-order chi connectivity index (χ0) is 14.3. The van der Waals surface area contributed by atoms with Gasteiger partial charge in [-0.05, 0) is 37.1 Å². The molecule has 1 aliphatic carbocycles. The lowest BCUT2D eigenvalue weighted by Crippen LogP contribution is -2.26. The number of aliphatic hydroxyl groups excluding tert-OH is 1. The molecule has 2 fully saturated rings. The van der Waals surface area contributed by atoms with Crippen LogP contribution in [-0.2, 0) is 17.9 Å². The molecule has 1 spiro atoms. The molecule has 0 amide bonds. The molecule has 1 atom stereocenters. The summed E-state index contributed by atoms with van der Waals surface area (Å²) in [6.45, 7) is 0.999. The fraction of sp³-hybridized carbons (Fsp3) is 0.556. The summed E-state index contributed by atoms with van der Waals surface area (Å²) in [5.41, 5.74) is 2.37. The van der Waals surface area contributed by atoms with Gasteiger partial charge in [0, 0.05) is 18.3 Å². The molecule has 0 radical (unpaired) electrons. The van der Waals surface area contributed by atoms with Crippen molar-refractivity contribution in [2.45, 2.75) is 63.4 Å². The highest BCUT2D eigenvalue weighted by molar-refractivity contribution is 5.83. The molecule has 3 nitrogen and oxygen atoms in total. The van der Waals surface area contributed by atoms with E-state index in [1.165, 1.54) is 43.9 Å². The van der Waals surface area contributed by atoms with Crippen molar-refractivity contribution in [2.24, 2.45) is 0 Å². The van der Waals surface area contributed by atoms with Crippen LogP contribution < -0.4 is 0 Å². The summed E-state index contributed by atoms with van der Waals surface area (Å²) < 4.78 is 8.69. The molecule has 2 aliphatic rings. The molecular weight excluding hydrogens is 262 g/mol. The second-order valence-corrected chi connectivity index (χ2v) is 6.65. The number of ether oxygens (including phenoxy) is 1. The summed E-state index contributed by atoms with van der Waals surface area (Å²) in [6.07, 6.45) is 10.00. The van der Waals surface area contributed by atoms with E-state index in [4.69, 9.17) is 4.74 Å². The predicted molar refractivity (Wildman–Crippen MR) is 83.2 cm³/mol. The first-order valence-corrected chi connectivity index (χ1v) is 8.15. The van der Waals surface area contributed by atoms with Crippen LogP contribution >= 0.6 is 0 Å². The minimum absolute atomic E-state index is 0.0941. The topological polar surface area (TPSA) is 34.4 Å². The Balaban J connectivity index is 1.58. The smallest absolute Gasteiger partial charge is 0.0762 e. The second kappa shape index (κ2) is 5.15. The van der Waals surface area contributed by atoms with Gasteiger partial charge in [0.1, 0.15) is 0 Å². The van der Waals surface area contributed by atoms with Crippen molar-refractivity contribution in [3.63, 3.8) is 0 Å². The molecule has 1 unspecified atom stereocenters. The molecular formula is C18H23NO2. The van der Waals surface area contributed by atoms with E-state index in [9.17, 15) is 5.11 Å². The van der Waals surface area contributed by atoms with E-state index < -0.39 is 0 Å². The van der Waals surface area contributed by atoms with Crippen LogP contribution in [0.1, 0.15) is 44.1 Å². The zero-order valence-electron chi connectivity index (χ0n) is 12.4. The van der Waals surface area contributed by atoms with Crippen LogP contribution in [0.2, 0.25) is 0 Å². The molecule has 1 aromatic carbocycles. The summed E-state index contributed by atoms with van der Waals surface area (Å²) in [6, 6.07) is 8.26. The molecule has 2 aromatic rings. The highest BCUT2D eigenvalue weighted by Crippen LogP contribution is 2.43. The number of hydrogen-bond acceptors (Lipinski definition) is 2. The fourth-order valence-electron chi connectivity index (χ4n) is 4.25. The first kappa shape index (κ1) is 13.4. The maximum absolute atomic E-state index is 9.56. The highest BCUT2D eigenvalue weighted by atomic mass is 16.5. The van der Waals surface area contributed by atoms with Gasteiger partial charge >= 0.3 is 0 Å². The quantitative estimate of drug-likeness (QED) is 0.934. The number of hydrogen-bond donors (Lipinski definition) is 1. The first-order chi connectivity index (χ1) is 10.3. The average molecular weight is 285 g/mol. The normalized spacial score (nSPS) is 24.3. The number of para-hydroxylation sites is 1. The number of aromatic nitrogens is 1. The van der Waals surface area contributed by atoms with Gasteiger partial charge in [-0.15, -0.1) is 0 Å². The number of aliphatic hydroxyl groups is 1. The molecule has 112 valence electrons. The summed E-state index contributed by atoms with van der Waals surface area (Å²) in [5.74, 6) is 0. The van der Waals surface area contributed by atoms with Crippen molar-refractivity contribution < 1.29 is 9.84 Å². The maximum Gasteiger partial charge on any atom is 0.0762 e. The largest absolute Gasteiger partial charge is 0.392 e. The summed E-state index contributed by atoms with van der Waals surface area (Å²) in [4.78, 5) is 0. The molecule has 4 rings (SSSR count). The number of rotatable bonds is 3. The third-order valence-electron chi connectivity index (χ3n) is 5.30. The standard InChI is InChI=1S/C18H23NO2/c20-13-15-5-3-4-14-7-11-19(17(14)15)12-16-6-10-18(21-16)8-1-2-9-18/h3-5,7,11,16,20H,1-2,6,8-10,12-13H2. The Kier molecular flexibility index (Phi) is 3.27. The Morgan fingerprint density at radius 1 is 1.19 bits per heavy atom. The van der Waals surface area contributed by atoms with Crippen LogP contribution in [0.25, 0.3) is 10.9 Å². The molecule has 1 aliphatic heterocycles. The van der Waals surface area contributed by atoms with Crippen molar-refractivity contribution in [1.29, 1.82) is 0 Å². The molecule has 0 bridgehead atoms. The van der Waals surface area contributed by atoms with E-state index in [-0.39, 0.29) is 12.2 Å². The van der Waals surface area contributed by atoms with E-state index in [1.807, 2.05) is 12.1 Å². The number of fused-ring (bicyclic) bond motifs is 1. The van der Waals surface area contributed by atoms with Crippen LogP contribution in [0.5, 0.6) is 0 Å². The molecule has 1 N–H and O–H groups in total. The van der Waals surface area contributed by atoms with E-state index >= 15 is 0 Å². The highest BCUT2D eigenvalue weighted by Gasteiger charge is 2.42. The average Bonchev–Trinajstić information content (AvgIpc) is 3.22. The Morgan fingerprint density at radius 2 is 2.05 bits per heavy atom. The van der Waals surface area contributed by atoms with Gasteiger partial charge in [-0.2, -0.15) is 0 Å². The Morgan fingerprint density at radius 3 is 2.86 bits per heavy atom. The van der Waals surface area contributed by atoms with Crippen molar-refractivity contribution in [3.8, 4) is 0 Å². The van der Waals surface area contributed by atoms with Crippen LogP contribution in [0.4, 0.5) is 0 Å². The van der Waals surface area contributed by atoms with Gasteiger partial charge in [0.05, 0.1) is 23.8 Å². The van der Waals surface area contributed by atoms with Gasteiger partial charge in [-0.3, -0.25) is 0 Å². The predicted octanol–water partition coefficient (Wildman–Crippen LogP) is 3.63. The molecule has 1 saturated carbocycles. The first-order valence-electron chi connectivity index (χ1n) is 8.15. The molecule has 2 heterocycles. The van der Waals surface area contributed by atoms with E-state index in [0.717, 1.165) is 17.6 Å². The fourth-order valence-corrected chi connectivity index (χ4v) is 4.25. The second-order valence-electron chi connectivity index (χ2n) is 6.65. The van der Waals surface area contributed by atoms with Crippen LogP contribution in [0, 0.1) is 0 Å². The van der Waals surface area contributed by atoms with Crippen molar-refractivity contribution >= 4 is 10.9 Å². The molecule has 1 saturated heterocycles. The van der Waals surface area contributed by atoms with Gasteiger partial charge in [0.25, 0.3) is 0 Å². The summed E-state index contributed by atoms with van der Waals surface area (Å²) in [5, 5.41) is 10.8. The van der Waals surface area contributed by atoms with E-state index in [0.29, 0.717) is 6.10 Å². The molecule has 3 heteroatoms. The summed E-state index contributed by atoms with van der Waals surface area (Å²) >= 11 is 0. The Bertz CT molecular complexity index is 640. The SMILES string of the molecule is OCc1cccc2ccn(CC3CCC4(CCCC4)O3)c12. The third-order valence-corrected chi connectivity index (χ3v) is 5.30. The summed E-state index contributed by atoms with van der Waals surface area (Å²) in [7, 11) is 0. The Hall–Kier alpha value is -1.32. The zero-order valence-corrected chi connectivity index (χ0v) is 12.4. The maximum atomic E-state index is 9.56. The van der Waals surface area contributed by atoms with Gasteiger partial charge in [0.2, 0.25) is 0 Å². The lowest BCUT2D eigenvalue weighted by Gasteiger charge is -2.24. The van der Waals surface area contributed by atoms with Crippen molar-refractivity contribution in [2.75, 3.05) is 0 Å². The van der Waals surface area contributed by atoms with Crippen molar-refractivity contribution in [1.82, 2.24) is 4.57 Å². The van der Waals surface area contributed by atoms with Crippen molar-refractivity contribution in [3.05, 3.63) is 36.0 Å². The minimum Gasteiger partial charge on any atom is -0.392 e. The number of nitrogens with zero attached hydrogens (tertiary/aromatic N) is 1. The van der Waals surface area contributed by atoms with Gasteiger partial charge in [-0.25, -0.2) is 0 Å². The monoisotopic (exact) mass is 285 g/mol. The van der Waals surface area contributed by atoms with Gasteiger partial charge < -0.3 is 14.4 Å². The van der Waals surface area contributed by atoms with E-state index in [2.05, 4.69) is 22.9 Å². The Labute approximate surface area is 125 Å². The number of benzene rings is 1. The molecule has 21 heavy (non-hydrogen) atoms. The van der Waals surface area contributed by atoms with Crippen LogP contribution in [0.3, 0.4) is 0 Å². The van der Waals surface area contributed by atoms with Gasteiger partial charge in [-0.1, -0.05) is 31.0 Å². The van der Waals surface area contributed by atoms with Crippen LogP contribution in [0.15, 0.2) is 30.5 Å². The minimum atomic E-state index is 0.0941. The van der Waals surface area contributed by atoms with E-state index in [1.54, 1.807) is 0 Å². The van der Waals surface area contributed by atoms with Gasteiger partial charge in [0.15, 0.2) is 0 Å².